The number of unbranched alkanes of at least 4 members (excludes halogenated alkanes) is 1. The summed E-state index contributed by atoms with van der Waals surface area (Å²) in [6, 6.07) is 14.9. The molecule has 0 aliphatic rings. The molecule has 0 saturated heterocycles. The Bertz CT molecular complexity index is 704. The van der Waals surface area contributed by atoms with Crippen molar-refractivity contribution < 1.29 is 19.0 Å². The predicted octanol–water partition coefficient (Wildman–Crippen LogP) is 4.33. The minimum Gasteiger partial charge on any atom is -0.494 e. The third kappa shape index (κ3) is 8.31. The van der Waals surface area contributed by atoms with Crippen molar-refractivity contribution in [1.29, 1.82) is 0 Å². The molecule has 0 bridgehead atoms. The highest BCUT2D eigenvalue weighted by molar-refractivity contribution is 5.93. The highest BCUT2D eigenvalue weighted by atomic mass is 16.5. The van der Waals surface area contributed by atoms with E-state index >= 15 is 0 Å². The molecule has 6 heteroatoms. The molecule has 2 aromatic rings. The fourth-order valence-corrected chi connectivity index (χ4v) is 2.41. The van der Waals surface area contributed by atoms with Gasteiger partial charge in [-0.1, -0.05) is 19.4 Å². The molecule has 1 amide bonds. The van der Waals surface area contributed by atoms with E-state index in [-0.39, 0.29) is 12.5 Å². The van der Waals surface area contributed by atoms with Crippen LogP contribution < -0.4 is 20.1 Å². The van der Waals surface area contributed by atoms with Gasteiger partial charge in [-0.25, -0.2) is 0 Å². The van der Waals surface area contributed by atoms with Crippen LogP contribution in [-0.2, 0) is 9.53 Å². The lowest BCUT2D eigenvalue weighted by atomic mass is 10.3. The molecule has 0 aliphatic carbocycles. The number of ether oxygens (including phenoxy) is 3. The molecule has 0 radical (unpaired) electrons. The monoisotopic (exact) mass is 386 g/mol. The molecular formula is C22H30N2O4. The van der Waals surface area contributed by atoms with Gasteiger partial charge in [0.15, 0.2) is 0 Å². The van der Waals surface area contributed by atoms with Gasteiger partial charge in [0.2, 0.25) is 5.91 Å². The van der Waals surface area contributed by atoms with Gasteiger partial charge >= 0.3 is 0 Å². The maximum absolute atomic E-state index is 12.2. The topological polar surface area (TPSA) is 68.8 Å². The first-order valence-electron chi connectivity index (χ1n) is 9.78. The Balaban J connectivity index is 1.74. The van der Waals surface area contributed by atoms with Crippen molar-refractivity contribution in [2.45, 2.75) is 26.7 Å². The normalized spacial score (nSPS) is 10.4. The first kappa shape index (κ1) is 21.6. The summed E-state index contributed by atoms with van der Waals surface area (Å²) in [6.07, 6.45) is 2.12. The Hall–Kier alpha value is -2.73. The number of hydrogen-bond donors (Lipinski definition) is 2. The zero-order valence-electron chi connectivity index (χ0n) is 16.7. The SMILES string of the molecule is CCCCOc1cccc(NCC(=O)Nc2ccc(OCCOCC)cc2)c1. The minimum atomic E-state index is -0.123. The van der Waals surface area contributed by atoms with Crippen LogP contribution in [-0.4, -0.2) is 38.9 Å². The largest absolute Gasteiger partial charge is 0.494 e. The van der Waals surface area contributed by atoms with Gasteiger partial charge in [-0.15, -0.1) is 0 Å². The van der Waals surface area contributed by atoms with Gasteiger partial charge in [0.05, 0.1) is 19.8 Å². The molecule has 2 rings (SSSR count). The minimum absolute atomic E-state index is 0.123. The second-order valence-electron chi connectivity index (χ2n) is 6.20. The van der Waals surface area contributed by atoms with Gasteiger partial charge in [-0.3, -0.25) is 4.79 Å². The Morgan fingerprint density at radius 3 is 2.43 bits per heavy atom. The van der Waals surface area contributed by atoms with E-state index in [9.17, 15) is 4.79 Å². The van der Waals surface area contributed by atoms with Crippen LogP contribution in [0.3, 0.4) is 0 Å². The quantitative estimate of drug-likeness (QED) is 0.502. The number of rotatable bonds is 13. The Morgan fingerprint density at radius 1 is 0.893 bits per heavy atom. The maximum atomic E-state index is 12.2. The Kier molecular flexibility index (Phi) is 9.72. The number of nitrogens with one attached hydrogen (secondary N) is 2. The van der Waals surface area contributed by atoms with E-state index in [0.29, 0.717) is 26.4 Å². The summed E-state index contributed by atoms with van der Waals surface area (Å²) >= 11 is 0. The molecule has 0 fully saturated rings. The van der Waals surface area contributed by atoms with Crippen molar-refractivity contribution in [3.8, 4) is 11.5 Å². The number of benzene rings is 2. The van der Waals surface area contributed by atoms with E-state index in [1.54, 1.807) is 0 Å². The maximum Gasteiger partial charge on any atom is 0.243 e. The summed E-state index contributed by atoms with van der Waals surface area (Å²) in [6.45, 7) is 6.69. The van der Waals surface area contributed by atoms with Gasteiger partial charge in [-0.2, -0.15) is 0 Å². The third-order valence-corrected chi connectivity index (χ3v) is 3.89. The number of carbonyl (C=O) groups excluding carboxylic acids is 1. The molecule has 0 atom stereocenters. The van der Waals surface area contributed by atoms with Crippen LogP contribution in [0.5, 0.6) is 11.5 Å². The molecular weight excluding hydrogens is 356 g/mol. The molecule has 2 aromatic carbocycles. The standard InChI is InChI=1S/C22H30N2O4/c1-3-5-13-27-21-8-6-7-19(16-21)23-17-22(25)24-18-9-11-20(12-10-18)28-15-14-26-4-2/h6-12,16,23H,3-5,13-15,17H2,1-2H3,(H,24,25). The molecule has 28 heavy (non-hydrogen) atoms. The summed E-state index contributed by atoms with van der Waals surface area (Å²) in [5, 5.41) is 5.98. The second-order valence-corrected chi connectivity index (χ2v) is 6.20. The average molecular weight is 386 g/mol. The van der Waals surface area contributed by atoms with E-state index in [2.05, 4.69) is 17.6 Å². The lowest BCUT2D eigenvalue weighted by Gasteiger charge is -2.11. The summed E-state index contributed by atoms with van der Waals surface area (Å²) < 4.78 is 16.5. The van der Waals surface area contributed by atoms with Crippen LogP contribution in [0.15, 0.2) is 48.5 Å². The predicted molar refractivity (Wildman–Crippen MR) is 112 cm³/mol. The van der Waals surface area contributed by atoms with E-state index < -0.39 is 0 Å². The summed E-state index contributed by atoms with van der Waals surface area (Å²) in [4.78, 5) is 12.2. The second kappa shape index (κ2) is 12.6. The van der Waals surface area contributed by atoms with Crippen LogP contribution in [0.2, 0.25) is 0 Å². The summed E-state index contributed by atoms with van der Waals surface area (Å²) in [5.41, 5.74) is 1.57. The van der Waals surface area contributed by atoms with E-state index in [1.807, 2.05) is 55.5 Å². The number of amides is 1. The highest BCUT2D eigenvalue weighted by Crippen LogP contribution is 2.18. The van der Waals surface area contributed by atoms with Crippen molar-refractivity contribution in [2.24, 2.45) is 0 Å². The first-order valence-corrected chi connectivity index (χ1v) is 9.78. The van der Waals surface area contributed by atoms with Crippen molar-refractivity contribution in [3.05, 3.63) is 48.5 Å². The molecule has 0 spiro atoms. The smallest absolute Gasteiger partial charge is 0.243 e. The van der Waals surface area contributed by atoms with Crippen LogP contribution >= 0.6 is 0 Å². The van der Waals surface area contributed by atoms with Gasteiger partial charge in [-0.05, 0) is 49.7 Å². The Morgan fingerprint density at radius 2 is 1.68 bits per heavy atom. The molecule has 2 N–H and O–H groups in total. The summed E-state index contributed by atoms with van der Waals surface area (Å²) in [7, 11) is 0. The Labute approximate surface area is 167 Å². The highest BCUT2D eigenvalue weighted by Gasteiger charge is 2.04. The van der Waals surface area contributed by atoms with E-state index in [0.717, 1.165) is 35.7 Å². The molecule has 6 nitrogen and oxygen atoms in total. The van der Waals surface area contributed by atoms with Crippen molar-refractivity contribution in [3.63, 3.8) is 0 Å². The van der Waals surface area contributed by atoms with Gasteiger partial charge in [0.25, 0.3) is 0 Å². The summed E-state index contributed by atoms with van der Waals surface area (Å²) in [5.74, 6) is 1.43. The number of hydrogen-bond acceptors (Lipinski definition) is 5. The van der Waals surface area contributed by atoms with Gasteiger partial charge in [0, 0.05) is 24.0 Å². The van der Waals surface area contributed by atoms with E-state index in [4.69, 9.17) is 14.2 Å². The van der Waals surface area contributed by atoms with Crippen molar-refractivity contribution in [1.82, 2.24) is 0 Å². The molecule has 0 saturated carbocycles. The lowest BCUT2D eigenvalue weighted by molar-refractivity contribution is -0.114. The van der Waals surface area contributed by atoms with Gasteiger partial charge in [0.1, 0.15) is 18.1 Å². The van der Waals surface area contributed by atoms with Crippen molar-refractivity contribution >= 4 is 17.3 Å². The van der Waals surface area contributed by atoms with Crippen LogP contribution in [0.4, 0.5) is 11.4 Å². The fraction of sp³-hybridized carbons (Fsp3) is 0.409. The number of carbonyl (C=O) groups is 1. The number of anilines is 2. The van der Waals surface area contributed by atoms with Gasteiger partial charge < -0.3 is 24.8 Å². The fourth-order valence-electron chi connectivity index (χ4n) is 2.41. The molecule has 0 aliphatic heterocycles. The molecule has 0 aromatic heterocycles. The molecule has 152 valence electrons. The lowest BCUT2D eigenvalue weighted by Crippen LogP contribution is -2.21. The average Bonchev–Trinajstić information content (AvgIpc) is 2.71. The van der Waals surface area contributed by atoms with Crippen molar-refractivity contribution in [2.75, 3.05) is 43.6 Å². The van der Waals surface area contributed by atoms with Crippen LogP contribution in [0.25, 0.3) is 0 Å². The third-order valence-electron chi connectivity index (χ3n) is 3.89. The zero-order valence-corrected chi connectivity index (χ0v) is 16.7. The first-order chi connectivity index (χ1) is 13.7. The van der Waals surface area contributed by atoms with Crippen LogP contribution in [0, 0.1) is 0 Å². The molecule has 0 unspecified atom stereocenters. The zero-order chi connectivity index (χ0) is 20.0. The molecule has 0 heterocycles. The van der Waals surface area contributed by atoms with E-state index in [1.165, 1.54) is 0 Å². The van der Waals surface area contributed by atoms with Crippen LogP contribution in [0.1, 0.15) is 26.7 Å².